The third-order valence-electron chi connectivity index (χ3n) is 3.30. The van der Waals surface area contributed by atoms with Crippen molar-refractivity contribution in [2.24, 2.45) is 0 Å². The van der Waals surface area contributed by atoms with Crippen LogP contribution in [0.5, 0.6) is 0 Å². The van der Waals surface area contributed by atoms with E-state index in [1.807, 2.05) is 28.5 Å². The molecular weight excluding hydrogens is 402 g/mol. The number of carbonyl (C=O) groups is 1. The summed E-state index contributed by atoms with van der Waals surface area (Å²) in [6, 6.07) is 10.5. The first-order chi connectivity index (χ1) is 9.65. The Kier molecular flexibility index (Phi) is 4.29. The van der Waals surface area contributed by atoms with Gasteiger partial charge >= 0.3 is 0 Å². The van der Waals surface area contributed by atoms with Crippen molar-refractivity contribution in [1.82, 2.24) is 4.90 Å². The van der Waals surface area contributed by atoms with Gasteiger partial charge in [-0.3, -0.25) is 4.79 Å². The van der Waals surface area contributed by atoms with E-state index in [1.54, 1.807) is 0 Å². The predicted octanol–water partition coefficient (Wildman–Crippen LogP) is 5.08. The van der Waals surface area contributed by atoms with E-state index >= 15 is 0 Å². The van der Waals surface area contributed by atoms with Crippen molar-refractivity contribution < 1.29 is 4.79 Å². The third-order valence-corrected chi connectivity index (χ3v) is 5.62. The van der Waals surface area contributed by atoms with Gasteiger partial charge in [0.05, 0.1) is 0 Å². The van der Waals surface area contributed by atoms with Crippen LogP contribution in [0, 0.1) is 0 Å². The van der Waals surface area contributed by atoms with Gasteiger partial charge in [0.25, 0.3) is 5.91 Å². The van der Waals surface area contributed by atoms with E-state index in [0.717, 1.165) is 32.2 Å². The molecule has 3 rings (SSSR count). The van der Waals surface area contributed by atoms with Crippen molar-refractivity contribution in [2.75, 3.05) is 0 Å². The maximum absolute atomic E-state index is 12.7. The average molecular weight is 415 g/mol. The molecule has 1 aromatic heterocycles. The van der Waals surface area contributed by atoms with Gasteiger partial charge in [0.1, 0.15) is 4.88 Å². The lowest BCUT2D eigenvalue weighted by atomic mass is 10.2. The van der Waals surface area contributed by atoms with Crippen molar-refractivity contribution in [3.63, 3.8) is 0 Å². The summed E-state index contributed by atoms with van der Waals surface area (Å²) in [6.07, 6.45) is 2.23. The van der Waals surface area contributed by atoms with Gasteiger partial charge in [-0.1, -0.05) is 28.1 Å². The predicted molar refractivity (Wildman–Crippen MR) is 89.1 cm³/mol. The van der Waals surface area contributed by atoms with Gasteiger partial charge in [-0.15, -0.1) is 11.3 Å². The van der Waals surface area contributed by atoms with Crippen molar-refractivity contribution in [3.8, 4) is 0 Å². The summed E-state index contributed by atoms with van der Waals surface area (Å²) >= 11 is 8.44. The number of rotatable bonds is 4. The van der Waals surface area contributed by atoms with E-state index in [-0.39, 0.29) is 5.91 Å². The average Bonchev–Trinajstić information content (AvgIpc) is 3.17. The number of halogens is 2. The third kappa shape index (κ3) is 3.15. The lowest BCUT2D eigenvalue weighted by molar-refractivity contribution is 0.0734. The van der Waals surface area contributed by atoms with Crippen LogP contribution in [0.4, 0.5) is 0 Å². The Morgan fingerprint density at radius 3 is 2.70 bits per heavy atom. The van der Waals surface area contributed by atoms with Gasteiger partial charge in [-0.2, -0.15) is 0 Å². The molecular formula is C15H13Br2NOS. The SMILES string of the molecule is O=C(c1sccc1Br)N(Cc1cccc(Br)c1)C1CC1. The second kappa shape index (κ2) is 6.00. The van der Waals surface area contributed by atoms with Crippen LogP contribution in [-0.4, -0.2) is 16.8 Å². The first-order valence-electron chi connectivity index (χ1n) is 6.43. The van der Waals surface area contributed by atoms with Crippen molar-refractivity contribution >= 4 is 49.1 Å². The molecule has 0 unspecified atom stereocenters. The second-order valence-corrected chi connectivity index (χ2v) is 7.58. The molecule has 0 saturated heterocycles. The molecule has 0 aliphatic heterocycles. The topological polar surface area (TPSA) is 20.3 Å². The van der Waals surface area contributed by atoms with Crippen LogP contribution in [0.25, 0.3) is 0 Å². The van der Waals surface area contributed by atoms with Gasteiger partial charge in [0.15, 0.2) is 0 Å². The van der Waals surface area contributed by atoms with E-state index < -0.39 is 0 Å². The fourth-order valence-electron chi connectivity index (χ4n) is 2.16. The molecule has 1 saturated carbocycles. The second-order valence-electron chi connectivity index (χ2n) is 4.89. The number of thiophene rings is 1. The molecule has 0 bridgehead atoms. The molecule has 0 atom stereocenters. The summed E-state index contributed by atoms with van der Waals surface area (Å²) in [6.45, 7) is 0.674. The summed E-state index contributed by atoms with van der Waals surface area (Å²) in [4.78, 5) is 15.5. The van der Waals surface area contributed by atoms with Crippen LogP contribution in [0.15, 0.2) is 44.7 Å². The van der Waals surface area contributed by atoms with Crippen LogP contribution >= 0.6 is 43.2 Å². The Morgan fingerprint density at radius 1 is 1.30 bits per heavy atom. The smallest absolute Gasteiger partial charge is 0.265 e. The molecule has 1 amide bonds. The fraction of sp³-hybridized carbons (Fsp3) is 0.267. The first-order valence-corrected chi connectivity index (χ1v) is 8.90. The van der Waals surface area contributed by atoms with E-state index in [1.165, 1.54) is 11.3 Å². The van der Waals surface area contributed by atoms with E-state index in [0.29, 0.717) is 12.6 Å². The highest BCUT2D eigenvalue weighted by Gasteiger charge is 2.34. The van der Waals surface area contributed by atoms with Gasteiger partial charge in [-0.05, 0) is 57.9 Å². The van der Waals surface area contributed by atoms with Crippen LogP contribution < -0.4 is 0 Å². The fourth-order valence-corrected chi connectivity index (χ4v) is 4.10. The zero-order valence-electron chi connectivity index (χ0n) is 10.7. The molecule has 1 aliphatic rings. The summed E-state index contributed by atoms with van der Waals surface area (Å²) in [5.41, 5.74) is 1.16. The number of amides is 1. The minimum atomic E-state index is 0.134. The summed E-state index contributed by atoms with van der Waals surface area (Å²) in [7, 11) is 0. The standard InChI is InChI=1S/C15H13Br2NOS/c16-11-3-1-2-10(8-11)9-18(12-4-5-12)15(19)14-13(17)6-7-20-14/h1-3,6-8,12H,4-5,9H2. The molecule has 0 N–H and O–H groups in total. The number of benzene rings is 1. The van der Waals surface area contributed by atoms with E-state index in [9.17, 15) is 4.79 Å². The highest BCUT2D eigenvalue weighted by atomic mass is 79.9. The van der Waals surface area contributed by atoms with Crippen molar-refractivity contribution in [2.45, 2.75) is 25.4 Å². The molecule has 1 fully saturated rings. The molecule has 1 heterocycles. The Morgan fingerprint density at radius 2 is 2.10 bits per heavy atom. The van der Waals surface area contributed by atoms with E-state index in [4.69, 9.17) is 0 Å². The lowest BCUT2D eigenvalue weighted by Gasteiger charge is -2.22. The lowest BCUT2D eigenvalue weighted by Crippen LogP contribution is -2.32. The number of hydrogen-bond donors (Lipinski definition) is 0. The van der Waals surface area contributed by atoms with Gasteiger partial charge in [-0.25, -0.2) is 0 Å². The quantitative estimate of drug-likeness (QED) is 0.683. The van der Waals surface area contributed by atoms with Crippen LogP contribution in [0.2, 0.25) is 0 Å². The molecule has 0 radical (unpaired) electrons. The summed E-state index contributed by atoms with van der Waals surface area (Å²) in [5.74, 6) is 0.134. The number of carbonyl (C=O) groups excluding carboxylic acids is 1. The Bertz CT molecular complexity index is 636. The minimum absolute atomic E-state index is 0.134. The van der Waals surface area contributed by atoms with Crippen molar-refractivity contribution in [1.29, 1.82) is 0 Å². The monoisotopic (exact) mass is 413 g/mol. The molecule has 5 heteroatoms. The van der Waals surface area contributed by atoms with E-state index in [2.05, 4.69) is 44.0 Å². The highest BCUT2D eigenvalue weighted by Crippen LogP contribution is 2.33. The zero-order valence-corrected chi connectivity index (χ0v) is 14.7. The molecule has 20 heavy (non-hydrogen) atoms. The van der Waals surface area contributed by atoms with Gasteiger partial charge in [0, 0.05) is 21.5 Å². The maximum atomic E-state index is 12.7. The van der Waals surface area contributed by atoms with Crippen molar-refractivity contribution in [3.05, 3.63) is 55.1 Å². The van der Waals surface area contributed by atoms with Gasteiger partial charge in [0.2, 0.25) is 0 Å². The normalized spacial score (nSPS) is 14.3. The first kappa shape index (κ1) is 14.3. The molecule has 1 aliphatic carbocycles. The Hall–Kier alpha value is -0.650. The summed E-state index contributed by atoms with van der Waals surface area (Å²) in [5, 5.41) is 1.95. The molecule has 0 spiro atoms. The van der Waals surface area contributed by atoms with Crippen LogP contribution in [0.3, 0.4) is 0 Å². The molecule has 2 aromatic rings. The Labute approximate surface area is 139 Å². The summed E-state index contributed by atoms with van der Waals surface area (Å²) < 4.78 is 1.95. The molecule has 1 aromatic carbocycles. The van der Waals surface area contributed by atoms with Crippen LogP contribution in [0.1, 0.15) is 28.1 Å². The van der Waals surface area contributed by atoms with Gasteiger partial charge < -0.3 is 4.90 Å². The molecule has 104 valence electrons. The van der Waals surface area contributed by atoms with Crippen LogP contribution in [-0.2, 0) is 6.54 Å². The largest absolute Gasteiger partial charge is 0.331 e. The number of hydrogen-bond acceptors (Lipinski definition) is 2. The highest BCUT2D eigenvalue weighted by molar-refractivity contribution is 9.10. The molecule has 2 nitrogen and oxygen atoms in total. The maximum Gasteiger partial charge on any atom is 0.265 e. The Balaban J connectivity index is 1.83. The zero-order chi connectivity index (χ0) is 14.1. The number of nitrogens with zero attached hydrogens (tertiary/aromatic N) is 1. The minimum Gasteiger partial charge on any atom is -0.331 e.